The van der Waals surface area contributed by atoms with Crippen LogP contribution in [0.5, 0.6) is 0 Å². The zero-order valence-corrected chi connectivity index (χ0v) is 9.13. The lowest BCUT2D eigenvalue weighted by Gasteiger charge is -1.99. The molecule has 1 heterocycles. The fourth-order valence-corrected chi connectivity index (χ4v) is 1.27. The van der Waals surface area contributed by atoms with Crippen LogP contribution in [0.2, 0.25) is 0 Å². The summed E-state index contributed by atoms with van der Waals surface area (Å²) in [6, 6.07) is 5.69. The lowest BCUT2D eigenvalue weighted by Crippen LogP contribution is -2.07. The first kappa shape index (κ1) is 11.3. The Hall–Kier alpha value is -2.24. The Bertz CT molecular complexity index is 522. The van der Waals surface area contributed by atoms with Gasteiger partial charge >= 0.3 is 5.97 Å². The zero-order chi connectivity index (χ0) is 12.3. The largest absolute Gasteiger partial charge is 0.460 e. The van der Waals surface area contributed by atoms with E-state index in [0.29, 0.717) is 5.69 Å². The number of hydrogen-bond donors (Lipinski definition) is 0. The molecule has 2 rings (SSSR count). The van der Waals surface area contributed by atoms with Crippen molar-refractivity contribution in [2.75, 3.05) is 6.61 Å². The van der Waals surface area contributed by atoms with Crippen LogP contribution in [-0.4, -0.2) is 27.3 Å². The quantitative estimate of drug-likeness (QED) is 0.758. The van der Waals surface area contributed by atoms with Gasteiger partial charge in [0.05, 0.1) is 12.3 Å². The number of benzene rings is 1. The number of carbonyl (C=O) groups is 1. The molecule has 1 aromatic heterocycles. The maximum absolute atomic E-state index is 12.7. The fourth-order valence-electron chi connectivity index (χ4n) is 1.27. The van der Waals surface area contributed by atoms with Gasteiger partial charge in [-0.3, -0.25) is 0 Å². The summed E-state index contributed by atoms with van der Waals surface area (Å²) in [4.78, 5) is 15.1. The summed E-state index contributed by atoms with van der Waals surface area (Å²) in [6.07, 6.45) is 1.37. The van der Waals surface area contributed by atoms with Crippen LogP contribution in [0.15, 0.2) is 30.6 Å². The van der Waals surface area contributed by atoms with Gasteiger partial charge < -0.3 is 4.74 Å². The summed E-state index contributed by atoms with van der Waals surface area (Å²) in [5, 5.41) is 3.94. The average Bonchev–Trinajstić information content (AvgIpc) is 2.80. The lowest BCUT2D eigenvalue weighted by molar-refractivity contribution is 0.0512. The van der Waals surface area contributed by atoms with Crippen molar-refractivity contribution >= 4 is 5.97 Å². The molecule has 0 aliphatic carbocycles. The molecule has 2 aromatic rings. The van der Waals surface area contributed by atoms with Gasteiger partial charge in [0.25, 0.3) is 5.82 Å². The summed E-state index contributed by atoms with van der Waals surface area (Å²) in [7, 11) is 0. The second kappa shape index (κ2) is 4.73. The fraction of sp³-hybridized carbons (Fsp3) is 0.182. The van der Waals surface area contributed by atoms with Gasteiger partial charge in [-0.1, -0.05) is 0 Å². The predicted octanol–water partition coefficient (Wildman–Crippen LogP) is 1.58. The molecule has 0 aliphatic heterocycles. The first-order valence-corrected chi connectivity index (χ1v) is 5.05. The first-order chi connectivity index (χ1) is 8.20. The van der Waals surface area contributed by atoms with Crippen molar-refractivity contribution < 1.29 is 13.9 Å². The lowest BCUT2D eigenvalue weighted by atomic mass is 10.3. The zero-order valence-electron chi connectivity index (χ0n) is 9.13. The van der Waals surface area contributed by atoms with Crippen molar-refractivity contribution in [3.05, 3.63) is 42.2 Å². The normalized spacial score (nSPS) is 10.2. The SMILES string of the molecule is CCOC(=O)c1ncn(-c2ccc(F)cc2)n1. The minimum Gasteiger partial charge on any atom is -0.460 e. The van der Waals surface area contributed by atoms with E-state index in [1.54, 1.807) is 19.1 Å². The van der Waals surface area contributed by atoms with Gasteiger partial charge in [-0.2, -0.15) is 0 Å². The van der Waals surface area contributed by atoms with Crippen LogP contribution >= 0.6 is 0 Å². The molecule has 0 spiro atoms. The smallest absolute Gasteiger partial charge is 0.378 e. The average molecular weight is 235 g/mol. The van der Waals surface area contributed by atoms with E-state index in [1.165, 1.54) is 23.1 Å². The summed E-state index contributed by atoms with van der Waals surface area (Å²) < 4.78 is 18.9. The van der Waals surface area contributed by atoms with Gasteiger partial charge in [0, 0.05) is 0 Å². The standard InChI is InChI=1S/C11H10FN3O2/c1-2-17-11(16)10-13-7-15(14-10)9-5-3-8(12)4-6-9/h3-7H,2H2,1H3. The van der Waals surface area contributed by atoms with Crippen LogP contribution in [0.25, 0.3) is 5.69 Å². The van der Waals surface area contributed by atoms with Crippen LogP contribution in [0.4, 0.5) is 4.39 Å². The van der Waals surface area contributed by atoms with E-state index in [1.807, 2.05) is 0 Å². The highest BCUT2D eigenvalue weighted by molar-refractivity contribution is 5.84. The monoisotopic (exact) mass is 235 g/mol. The van der Waals surface area contributed by atoms with Crippen molar-refractivity contribution in [1.82, 2.24) is 14.8 Å². The Labute approximate surface area is 96.9 Å². The van der Waals surface area contributed by atoms with Crippen LogP contribution in [-0.2, 0) is 4.74 Å². The Balaban J connectivity index is 2.23. The molecule has 0 aliphatic rings. The van der Waals surface area contributed by atoms with E-state index in [9.17, 15) is 9.18 Å². The number of halogens is 1. The molecular formula is C11H10FN3O2. The van der Waals surface area contributed by atoms with Crippen molar-refractivity contribution in [2.24, 2.45) is 0 Å². The highest BCUT2D eigenvalue weighted by Gasteiger charge is 2.12. The molecule has 0 bridgehead atoms. The third-order valence-corrected chi connectivity index (χ3v) is 2.04. The predicted molar refractivity (Wildman–Crippen MR) is 57.3 cm³/mol. The van der Waals surface area contributed by atoms with Crippen LogP contribution in [0.3, 0.4) is 0 Å². The third kappa shape index (κ3) is 2.47. The van der Waals surface area contributed by atoms with Gasteiger partial charge in [0.15, 0.2) is 0 Å². The molecule has 17 heavy (non-hydrogen) atoms. The molecule has 0 N–H and O–H groups in total. The second-order valence-corrected chi connectivity index (χ2v) is 3.21. The molecule has 0 unspecified atom stereocenters. The number of nitrogens with zero attached hydrogens (tertiary/aromatic N) is 3. The maximum Gasteiger partial charge on any atom is 0.378 e. The number of aromatic nitrogens is 3. The summed E-state index contributed by atoms with van der Waals surface area (Å²) in [5.41, 5.74) is 0.620. The van der Waals surface area contributed by atoms with Crippen molar-refractivity contribution in [3.63, 3.8) is 0 Å². The van der Waals surface area contributed by atoms with Crippen molar-refractivity contribution in [3.8, 4) is 5.69 Å². The molecular weight excluding hydrogens is 225 g/mol. The van der Waals surface area contributed by atoms with Gasteiger partial charge in [0.1, 0.15) is 12.1 Å². The van der Waals surface area contributed by atoms with Gasteiger partial charge in [0.2, 0.25) is 0 Å². The molecule has 0 amide bonds. The van der Waals surface area contributed by atoms with E-state index in [-0.39, 0.29) is 18.2 Å². The second-order valence-electron chi connectivity index (χ2n) is 3.21. The third-order valence-electron chi connectivity index (χ3n) is 2.04. The van der Waals surface area contributed by atoms with E-state index in [4.69, 9.17) is 4.74 Å². The molecule has 1 aromatic carbocycles. The van der Waals surface area contributed by atoms with E-state index in [0.717, 1.165) is 0 Å². The summed E-state index contributed by atoms with van der Waals surface area (Å²) in [6.45, 7) is 1.97. The molecule has 0 saturated heterocycles. The number of rotatable bonds is 3. The summed E-state index contributed by atoms with van der Waals surface area (Å²) >= 11 is 0. The Morgan fingerprint density at radius 3 is 2.76 bits per heavy atom. The van der Waals surface area contributed by atoms with Crippen LogP contribution < -0.4 is 0 Å². The van der Waals surface area contributed by atoms with Gasteiger partial charge in [-0.05, 0) is 31.2 Å². The highest BCUT2D eigenvalue weighted by Crippen LogP contribution is 2.07. The Morgan fingerprint density at radius 2 is 2.12 bits per heavy atom. The molecule has 5 nitrogen and oxygen atoms in total. The number of carbonyl (C=O) groups excluding carboxylic acids is 1. The van der Waals surface area contributed by atoms with Gasteiger partial charge in [-0.15, -0.1) is 5.10 Å². The minimum absolute atomic E-state index is 0.0174. The molecule has 6 heteroatoms. The van der Waals surface area contributed by atoms with E-state index in [2.05, 4.69) is 10.1 Å². The van der Waals surface area contributed by atoms with Crippen LogP contribution in [0.1, 0.15) is 17.5 Å². The molecule has 0 fully saturated rings. The Kier molecular flexibility index (Phi) is 3.13. The summed E-state index contributed by atoms with van der Waals surface area (Å²) in [5.74, 6) is -0.927. The van der Waals surface area contributed by atoms with Gasteiger partial charge in [-0.25, -0.2) is 18.9 Å². The molecule has 0 atom stereocenters. The Morgan fingerprint density at radius 1 is 1.41 bits per heavy atom. The molecule has 88 valence electrons. The topological polar surface area (TPSA) is 57.0 Å². The number of esters is 1. The molecule has 0 saturated carbocycles. The maximum atomic E-state index is 12.7. The van der Waals surface area contributed by atoms with Crippen molar-refractivity contribution in [2.45, 2.75) is 6.92 Å². The first-order valence-electron chi connectivity index (χ1n) is 5.05. The highest BCUT2D eigenvalue weighted by atomic mass is 19.1. The van der Waals surface area contributed by atoms with Crippen LogP contribution in [0, 0.1) is 5.82 Å². The molecule has 0 radical (unpaired) electrons. The number of ether oxygens (including phenoxy) is 1. The van der Waals surface area contributed by atoms with E-state index < -0.39 is 5.97 Å². The van der Waals surface area contributed by atoms with Crippen molar-refractivity contribution in [1.29, 1.82) is 0 Å². The van der Waals surface area contributed by atoms with E-state index >= 15 is 0 Å². The minimum atomic E-state index is -0.576. The number of hydrogen-bond acceptors (Lipinski definition) is 4.